The van der Waals surface area contributed by atoms with Gasteiger partial charge >= 0.3 is 0 Å². The molecule has 0 rings (SSSR count). The Morgan fingerprint density at radius 1 is 0.600 bits per heavy atom. The van der Waals surface area contributed by atoms with Crippen LogP contribution in [0.5, 0.6) is 0 Å². The Morgan fingerprint density at radius 3 is 1.15 bits per heavy atom. The molecule has 0 aromatic carbocycles. The van der Waals surface area contributed by atoms with Crippen LogP contribution in [0.1, 0.15) is 82.1 Å². The lowest BCUT2D eigenvalue weighted by molar-refractivity contribution is -0.545. The second kappa shape index (κ2) is 6.73. The van der Waals surface area contributed by atoms with Crippen molar-refractivity contribution >= 4 is 0 Å². The fourth-order valence-electron chi connectivity index (χ4n) is 1.53. The second-order valence-electron chi connectivity index (χ2n) is 8.56. The first-order chi connectivity index (χ1) is 8.68. The summed E-state index contributed by atoms with van der Waals surface area (Å²) in [5.41, 5.74) is -0.773. The van der Waals surface area contributed by atoms with E-state index in [9.17, 15) is 0 Å². The van der Waals surface area contributed by atoms with E-state index in [1.165, 1.54) is 0 Å². The van der Waals surface area contributed by atoms with Gasteiger partial charge < -0.3 is 0 Å². The topological polar surface area (TPSA) is 36.9 Å². The van der Waals surface area contributed by atoms with E-state index < -0.39 is 17.0 Å². The van der Waals surface area contributed by atoms with Crippen molar-refractivity contribution in [3.05, 3.63) is 0 Å². The molecule has 0 aliphatic rings. The van der Waals surface area contributed by atoms with Crippen LogP contribution in [0.2, 0.25) is 0 Å². The molecule has 4 heteroatoms. The van der Waals surface area contributed by atoms with Crippen molar-refractivity contribution in [2.75, 3.05) is 0 Å². The zero-order valence-electron chi connectivity index (χ0n) is 15.0. The van der Waals surface area contributed by atoms with Gasteiger partial charge in [0.15, 0.2) is 0 Å². The molecule has 0 N–H and O–H groups in total. The first-order valence-electron chi connectivity index (χ1n) is 7.42. The molecule has 0 aromatic heterocycles. The van der Waals surface area contributed by atoms with Gasteiger partial charge in [-0.1, -0.05) is 27.7 Å². The highest BCUT2D eigenvalue weighted by Crippen LogP contribution is 2.35. The summed E-state index contributed by atoms with van der Waals surface area (Å²) in [6.07, 6.45) is 1.30. The third kappa shape index (κ3) is 9.70. The molecular formula is C16H34O4. The van der Waals surface area contributed by atoms with Gasteiger partial charge in [0.05, 0.1) is 11.2 Å². The van der Waals surface area contributed by atoms with Gasteiger partial charge in [-0.15, -0.1) is 0 Å². The molecule has 0 spiro atoms. The molecule has 0 saturated heterocycles. The highest BCUT2D eigenvalue weighted by molar-refractivity contribution is 4.75. The minimum atomic E-state index is -0.904. The largest absolute Gasteiger partial charge is 0.234 e. The van der Waals surface area contributed by atoms with Gasteiger partial charge in [0, 0.05) is 12.8 Å². The second-order valence-corrected chi connectivity index (χ2v) is 8.56. The molecule has 0 aromatic rings. The van der Waals surface area contributed by atoms with Crippen LogP contribution in [0.25, 0.3) is 0 Å². The molecule has 0 radical (unpaired) electrons. The van der Waals surface area contributed by atoms with Crippen molar-refractivity contribution in [2.45, 2.75) is 99.1 Å². The molecule has 0 aliphatic carbocycles. The van der Waals surface area contributed by atoms with Gasteiger partial charge in [0.1, 0.15) is 0 Å². The van der Waals surface area contributed by atoms with Crippen LogP contribution in [0.3, 0.4) is 0 Å². The van der Waals surface area contributed by atoms with Crippen molar-refractivity contribution in [3.8, 4) is 0 Å². The summed E-state index contributed by atoms with van der Waals surface area (Å²) in [5, 5.41) is 0. The zero-order chi connectivity index (χ0) is 16.2. The molecule has 0 aliphatic heterocycles. The predicted octanol–water partition coefficient (Wildman–Crippen LogP) is 5.02. The van der Waals surface area contributed by atoms with Gasteiger partial charge in [-0.05, 0) is 47.0 Å². The molecule has 122 valence electrons. The minimum absolute atomic E-state index is 0.0263. The van der Waals surface area contributed by atoms with E-state index in [4.69, 9.17) is 19.6 Å². The lowest BCUT2D eigenvalue weighted by Gasteiger charge is -2.38. The molecule has 0 amide bonds. The third-order valence-corrected chi connectivity index (χ3v) is 2.23. The van der Waals surface area contributed by atoms with Gasteiger partial charge in [-0.25, -0.2) is 9.78 Å². The van der Waals surface area contributed by atoms with Crippen LogP contribution in [0, 0.1) is 5.41 Å². The average molecular weight is 290 g/mol. The molecule has 0 atom stereocenters. The smallest absolute Gasteiger partial charge is 0.228 e. The number of hydrogen-bond donors (Lipinski definition) is 0. The van der Waals surface area contributed by atoms with Crippen LogP contribution in [0.15, 0.2) is 0 Å². The van der Waals surface area contributed by atoms with E-state index in [-0.39, 0.29) is 5.41 Å². The van der Waals surface area contributed by atoms with Crippen LogP contribution in [-0.2, 0) is 19.6 Å². The van der Waals surface area contributed by atoms with Gasteiger partial charge in [-0.2, -0.15) is 9.78 Å². The molecule has 0 heterocycles. The summed E-state index contributed by atoms with van der Waals surface area (Å²) in [4.78, 5) is 22.3. The minimum Gasteiger partial charge on any atom is -0.228 e. The monoisotopic (exact) mass is 290 g/mol. The lowest BCUT2D eigenvalue weighted by Crippen LogP contribution is -2.43. The first kappa shape index (κ1) is 19.8. The van der Waals surface area contributed by atoms with Gasteiger partial charge in [0.2, 0.25) is 5.79 Å². The summed E-state index contributed by atoms with van der Waals surface area (Å²) in [6.45, 7) is 20.1. The fraction of sp³-hybridized carbons (Fsp3) is 1.00. The van der Waals surface area contributed by atoms with E-state index in [1.807, 2.05) is 48.5 Å². The first-order valence-corrected chi connectivity index (χ1v) is 7.42. The summed E-state index contributed by atoms with van der Waals surface area (Å²) >= 11 is 0. The number of rotatable bonds is 6. The van der Waals surface area contributed by atoms with Gasteiger partial charge in [-0.3, -0.25) is 0 Å². The molecule has 4 nitrogen and oxygen atoms in total. The summed E-state index contributed by atoms with van der Waals surface area (Å²) in [7, 11) is 0. The van der Waals surface area contributed by atoms with Crippen LogP contribution in [-0.4, -0.2) is 17.0 Å². The SMILES string of the molecule is CCC(CC(C)(C)C)(OOC(C)(C)C)OOC(C)(C)C. The Bertz CT molecular complexity index is 260. The van der Waals surface area contributed by atoms with Crippen molar-refractivity contribution < 1.29 is 19.6 Å². The molecule has 0 bridgehead atoms. The molecule has 0 fully saturated rings. The lowest BCUT2D eigenvalue weighted by atomic mass is 9.86. The van der Waals surface area contributed by atoms with Crippen molar-refractivity contribution in [3.63, 3.8) is 0 Å². The van der Waals surface area contributed by atoms with Gasteiger partial charge in [0.25, 0.3) is 0 Å². The van der Waals surface area contributed by atoms with E-state index in [2.05, 4.69) is 20.8 Å². The maximum absolute atomic E-state index is 5.67. The molecule has 0 saturated carbocycles. The highest BCUT2D eigenvalue weighted by Gasteiger charge is 2.40. The van der Waals surface area contributed by atoms with E-state index >= 15 is 0 Å². The Morgan fingerprint density at radius 2 is 0.950 bits per heavy atom. The Hall–Kier alpha value is -0.160. The molecule has 0 unspecified atom stereocenters. The van der Waals surface area contributed by atoms with E-state index in [0.29, 0.717) is 12.8 Å². The summed E-state index contributed by atoms with van der Waals surface area (Å²) < 4.78 is 0. The summed E-state index contributed by atoms with van der Waals surface area (Å²) in [5.74, 6) is -0.904. The Balaban J connectivity index is 4.97. The fourth-order valence-corrected chi connectivity index (χ4v) is 1.53. The maximum atomic E-state index is 5.67. The predicted molar refractivity (Wildman–Crippen MR) is 80.9 cm³/mol. The van der Waals surface area contributed by atoms with E-state index in [1.54, 1.807) is 0 Å². The Labute approximate surface area is 125 Å². The Kier molecular flexibility index (Phi) is 6.68. The van der Waals surface area contributed by atoms with Crippen LogP contribution >= 0.6 is 0 Å². The maximum Gasteiger partial charge on any atom is 0.234 e. The third-order valence-electron chi connectivity index (χ3n) is 2.23. The number of hydrogen-bond acceptors (Lipinski definition) is 4. The zero-order valence-corrected chi connectivity index (χ0v) is 15.0. The van der Waals surface area contributed by atoms with Crippen LogP contribution in [0.4, 0.5) is 0 Å². The average Bonchev–Trinajstić information content (AvgIpc) is 2.18. The normalized spacial score (nSPS) is 14.7. The highest BCUT2D eigenvalue weighted by atomic mass is 17.3. The molecule has 20 heavy (non-hydrogen) atoms. The quantitative estimate of drug-likeness (QED) is 0.391. The van der Waals surface area contributed by atoms with Crippen LogP contribution < -0.4 is 0 Å². The molecular weight excluding hydrogens is 256 g/mol. The standard InChI is InChI=1S/C16H34O4/c1-11-16(12-13(2,3)4,19-17-14(5,6)7)20-18-15(8,9)10/h11-12H2,1-10H3. The van der Waals surface area contributed by atoms with Crippen molar-refractivity contribution in [2.24, 2.45) is 5.41 Å². The van der Waals surface area contributed by atoms with Crippen molar-refractivity contribution in [1.82, 2.24) is 0 Å². The van der Waals surface area contributed by atoms with Crippen molar-refractivity contribution in [1.29, 1.82) is 0 Å². The van der Waals surface area contributed by atoms with E-state index in [0.717, 1.165) is 0 Å². The summed E-state index contributed by atoms with van der Waals surface area (Å²) in [6, 6.07) is 0.